The van der Waals surface area contributed by atoms with Gasteiger partial charge in [-0.25, -0.2) is 0 Å². The van der Waals surface area contributed by atoms with Gasteiger partial charge in [-0.3, -0.25) is 9.69 Å². The fourth-order valence-electron chi connectivity index (χ4n) is 2.25. The molecule has 4 heteroatoms. The van der Waals surface area contributed by atoms with Crippen LogP contribution in [-0.4, -0.2) is 37.3 Å². The zero-order valence-electron chi connectivity index (χ0n) is 10.8. The average Bonchev–Trinajstić information content (AvgIpc) is 2.78. The van der Waals surface area contributed by atoms with E-state index in [1.165, 1.54) is 12.7 Å². The summed E-state index contributed by atoms with van der Waals surface area (Å²) in [6.07, 6.45) is 0.495. The molecule has 2 unspecified atom stereocenters. The molecule has 2 rings (SSSR count). The van der Waals surface area contributed by atoms with Gasteiger partial charge in [0.2, 0.25) is 0 Å². The van der Waals surface area contributed by atoms with Crippen LogP contribution in [0.25, 0.3) is 0 Å². The van der Waals surface area contributed by atoms with Gasteiger partial charge >= 0.3 is 5.97 Å². The average molecular weight is 249 g/mol. The van der Waals surface area contributed by atoms with Crippen LogP contribution >= 0.6 is 0 Å². The highest BCUT2D eigenvalue weighted by atomic mass is 16.5. The van der Waals surface area contributed by atoms with Crippen LogP contribution in [0.15, 0.2) is 30.3 Å². The van der Waals surface area contributed by atoms with Gasteiger partial charge in [-0.1, -0.05) is 30.3 Å². The predicted molar refractivity (Wildman–Crippen MR) is 67.9 cm³/mol. The van der Waals surface area contributed by atoms with E-state index < -0.39 is 0 Å². The van der Waals surface area contributed by atoms with E-state index in [0.717, 1.165) is 0 Å². The van der Waals surface area contributed by atoms with Crippen LogP contribution in [-0.2, 0) is 14.3 Å². The Balaban J connectivity index is 1.93. The van der Waals surface area contributed by atoms with Gasteiger partial charge in [-0.2, -0.15) is 0 Å². The number of hydrogen-bond donors (Lipinski definition) is 0. The second-order valence-electron chi connectivity index (χ2n) is 4.51. The summed E-state index contributed by atoms with van der Waals surface area (Å²) < 4.78 is 10.5. The highest BCUT2D eigenvalue weighted by molar-refractivity contribution is 5.69. The maximum absolute atomic E-state index is 11.1. The van der Waals surface area contributed by atoms with Crippen LogP contribution in [0.3, 0.4) is 0 Å². The number of rotatable bonds is 4. The van der Waals surface area contributed by atoms with Gasteiger partial charge in [0.25, 0.3) is 0 Å². The number of benzene rings is 1. The van der Waals surface area contributed by atoms with Crippen LogP contribution in [0.2, 0.25) is 0 Å². The molecule has 1 aromatic rings. The standard InChI is InChI=1S/C14H19NO3/c1-11-14(12-6-4-3-5-7-12)18-10-15(11)9-8-13(16)17-2/h3-7,11,14H,8-10H2,1-2H3. The molecule has 0 saturated carbocycles. The molecule has 1 fully saturated rings. The van der Waals surface area contributed by atoms with E-state index >= 15 is 0 Å². The minimum absolute atomic E-state index is 0.0869. The number of ether oxygens (including phenoxy) is 2. The lowest BCUT2D eigenvalue weighted by Crippen LogP contribution is -2.31. The van der Waals surface area contributed by atoms with Crippen molar-refractivity contribution in [3.05, 3.63) is 35.9 Å². The Morgan fingerprint density at radius 1 is 1.44 bits per heavy atom. The second kappa shape index (κ2) is 5.98. The topological polar surface area (TPSA) is 38.8 Å². The summed E-state index contributed by atoms with van der Waals surface area (Å²) in [5.74, 6) is -0.176. The summed E-state index contributed by atoms with van der Waals surface area (Å²) in [6, 6.07) is 10.5. The van der Waals surface area contributed by atoms with Crippen LogP contribution in [0, 0.1) is 0 Å². The lowest BCUT2D eigenvalue weighted by atomic mass is 10.0. The van der Waals surface area contributed by atoms with Crippen molar-refractivity contribution in [3.8, 4) is 0 Å². The first-order chi connectivity index (χ1) is 8.72. The monoisotopic (exact) mass is 249 g/mol. The molecule has 1 aromatic carbocycles. The third kappa shape index (κ3) is 2.89. The van der Waals surface area contributed by atoms with E-state index in [1.54, 1.807) is 0 Å². The zero-order valence-corrected chi connectivity index (χ0v) is 10.8. The van der Waals surface area contributed by atoms with Crippen molar-refractivity contribution >= 4 is 5.97 Å². The molecule has 1 heterocycles. The Morgan fingerprint density at radius 2 is 2.17 bits per heavy atom. The van der Waals surface area contributed by atoms with Crippen LogP contribution in [0.4, 0.5) is 0 Å². The largest absolute Gasteiger partial charge is 0.469 e. The van der Waals surface area contributed by atoms with Crippen LogP contribution in [0.5, 0.6) is 0 Å². The van der Waals surface area contributed by atoms with Gasteiger partial charge in [0.05, 0.1) is 19.6 Å². The third-order valence-electron chi connectivity index (χ3n) is 3.39. The first-order valence-corrected chi connectivity index (χ1v) is 6.20. The molecule has 0 aromatic heterocycles. The third-order valence-corrected chi connectivity index (χ3v) is 3.39. The summed E-state index contributed by atoms with van der Waals surface area (Å²) >= 11 is 0. The van der Waals surface area contributed by atoms with E-state index in [-0.39, 0.29) is 18.1 Å². The molecular formula is C14H19NO3. The highest BCUT2D eigenvalue weighted by Crippen LogP contribution is 2.30. The normalized spacial score (nSPS) is 24.1. The molecular weight excluding hydrogens is 230 g/mol. The number of carbonyl (C=O) groups excluding carboxylic acids is 1. The van der Waals surface area contributed by atoms with Crippen molar-refractivity contribution in [3.63, 3.8) is 0 Å². The Kier molecular flexibility index (Phi) is 4.33. The van der Waals surface area contributed by atoms with Crippen LogP contribution < -0.4 is 0 Å². The quantitative estimate of drug-likeness (QED) is 0.765. The molecule has 0 N–H and O–H groups in total. The number of nitrogens with zero attached hydrogens (tertiary/aromatic N) is 1. The predicted octanol–water partition coefficient (Wildman–Crippen LogP) is 1.97. The van der Waals surface area contributed by atoms with E-state index in [2.05, 4.69) is 28.7 Å². The fourth-order valence-corrected chi connectivity index (χ4v) is 2.25. The van der Waals surface area contributed by atoms with Crippen LogP contribution in [0.1, 0.15) is 25.0 Å². The van der Waals surface area contributed by atoms with Gasteiger partial charge in [-0.05, 0) is 12.5 Å². The molecule has 4 nitrogen and oxygen atoms in total. The molecule has 1 aliphatic rings. The van der Waals surface area contributed by atoms with Gasteiger partial charge in [-0.15, -0.1) is 0 Å². The molecule has 2 atom stereocenters. The van der Waals surface area contributed by atoms with E-state index in [1.807, 2.05) is 18.2 Å². The van der Waals surface area contributed by atoms with E-state index in [4.69, 9.17) is 4.74 Å². The van der Waals surface area contributed by atoms with Crippen molar-refractivity contribution in [1.29, 1.82) is 0 Å². The van der Waals surface area contributed by atoms with Crippen molar-refractivity contribution in [2.45, 2.75) is 25.5 Å². The first-order valence-electron chi connectivity index (χ1n) is 6.20. The molecule has 18 heavy (non-hydrogen) atoms. The molecule has 0 amide bonds. The molecule has 0 aliphatic carbocycles. The van der Waals surface area contributed by atoms with Crippen molar-refractivity contribution in [2.24, 2.45) is 0 Å². The lowest BCUT2D eigenvalue weighted by molar-refractivity contribution is -0.141. The Labute approximate surface area is 107 Å². The maximum atomic E-state index is 11.1. The summed E-state index contributed by atoms with van der Waals surface area (Å²) in [7, 11) is 1.42. The zero-order chi connectivity index (χ0) is 13.0. The summed E-state index contributed by atoms with van der Waals surface area (Å²) in [5, 5.41) is 0. The number of methoxy groups -OCH3 is 1. The molecule has 0 spiro atoms. The lowest BCUT2D eigenvalue weighted by Gasteiger charge is -2.21. The fraction of sp³-hybridized carbons (Fsp3) is 0.500. The minimum atomic E-state index is -0.176. The second-order valence-corrected chi connectivity index (χ2v) is 4.51. The number of esters is 1. The molecule has 98 valence electrons. The Morgan fingerprint density at radius 3 is 2.83 bits per heavy atom. The van der Waals surface area contributed by atoms with Crippen molar-refractivity contribution in [2.75, 3.05) is 20.4 Å². The van der Waals surface area contributed by atoms with Gasteiger partial charge in [0.15, 0.2) is 0 Å². The first kappa shape index (κ1) is 13.1. The van der Waals surface area contributed by atoms with Gasteiger partial charge in [0.1, 0.15) is 6.73 Å². The number of hydrogen-bond acceptors (Lipinski definition) is 4. The van der Waals surface area contributed by atoms with Gasteiger partial charge in [0, 0.05) is 12.6 Å². The maximum Gasteiger partial charge on any atom is 0.306 e. The van der Waals surface area contributed by atoms with E-state index in [9.17, 15) is 4.79 Å². The molecule has 0 radical (unpaired) electrons. The summed E-state index contributed by atoms with van der Waals surface area (Å²) in [6.45, 7) is 3.37. The highest BCUT2D eigenvalue weighted by Gasteiger charge is 2.32. The molecule has 0 bridgehead atoms. The SMILES string of the molecule is COC(=O)CCN1COC(c2ccccc2)C1C. The van der Waals surface area contributed by atoms with Crippen molar-refractivity contribution in [1.82, 2.24) is 4.90 Å². The van der Waals surface area contributed by atoms with Crippen molar-refractivity contribution < 1.29 is 14.3 Å². The Bertz CT molecular complexity index is 393. The summed E-state index contributed by atoms with van der Waals surface area (Å²) in [4.78, 5) is 13.3. The minimum Gasteiger partial charge on any atom is -0.469 e. The molecule has 1 saturated heterocycles. The number of carbonyl (C=O) groups is 1. The van der Waals surface area contributed by atoms with Gasteiger partial charge < -0.3 is 9.47 Å². The Hall–Kier alpha value is -1.39. The smallest absolute Gasteiger partial charge is 0.306 e. The summed E-state index contributed by atoms with van der Waals surface area (Å²) in [5.41, 5.74) is 1.19. The van der Waals surface area contributed by atoms with E-state index in [0.29, 0.717) is 19.7 Å². The molecule has 1 aliphatic heterocycles.